The van der Waals surface area contributed by atoms with Crippen LogP contribution in [-0.4, -0.2) is 4.98 Å². The van der Waals surface area contributed by atoms with Crippen molar-refractivity contribution in [3.63, 3.8) is 0 Å². The van der Waals surface area contributed by atoms with Gasteiger partial charge in [0, 0.05) is 17.6 Å². The fourth-order valence-electron chi connectivity index (χ4n) is 2.08. The Labute approximate surface area is 96.5 Å². The van der Waals surface area contributed by atoms with Gasteiger partial charge in [0.25, 0.3) is 0 Å². The second kappa shape index (κ2) is 4.62. The smallest absolute Gasteiger partial charge is 0.0705 e. The molecule has 2 heteroatoms. The average molecular weight is 214 g/mol. The Hall–Kier alpha value is -1.41. The molecule has 1 aromatic carbocycles. The molecule has 0 fully saturated rings. The largest absolute Gasteiger partial charge is 0.324 e. The van der Waals surface area contributed by atoms with Crippen molar-refractivity contribution in [2.45, 2.75) is 26.3 Å². The first-order chi connectivity index (χ1) is 7.68. The van der Waals surface area contributed by atoms with Crippen LogP contribution in [0.2, 0.25) is 0 Å². The van der Waals surface area contributed by atoms with E-state index in [1.165, 1.54) is 10.9 Å². The predicted molar refractivity (Wildman–Crippen MR) is 68.1 cm³/mol. The van der Waals surface area contributed by atoms with E-state index in [0.29, 0.717) is 5.92 Å². The minimum Gasteiger partial charge on any atom is -0.324 e. The second-order valence-corrected chi connectivity index (χ2v) is 4.65. The molecule has 0 saturated heterocycles. The molecule has 1 atom stereocenters. The molecule has 2 N–H and O–H groups in total. The highest BCUT2D eigenvalue weighted by Crippen LogP contribution is 2.25. The van der Waals surface area contributed by atoms with E-state index in [4.69, 9.17) is 5.73 Å². The van der Waals surface area contributed by atoms with Gasteiger partial charge in [0.2, 0.25) is 0 Å². The molecular weight excluding hydrogens is 196 g/mol. The van der Waals surface area contributed by atoms with Crippen molar-refractivity contribution in [2.24, 2.45) is 11.7 Å². The molecule has 0 bridgehead atoms. The van der Waals surface area contributed by atoms with Gasteiger partial charge in [-0.15, -0.1) is 0 Å². The quantitative estimate of drug-likeness (QED) is 0.851. The van der Waals surface area contributed by atoms with Crippen LogP contribution in [0.25, 0.3) is 10.9 Å². The van der Waals surface area contributed by atoms with Gasteiger partial charge in [0.05, 0.1) is 5.52 Å². The molecule has 0 spiro atoms. The van der Waals surface area contributed by atoms with Crippen molar-refractivity contribution in [3.8, 4) is 0 Å². The lowest BCUT2D eigenvalue weighted by atomic mass is 9.95. The normalized spacial score (nSPS) is 13.2. The fraction of sp³-hybridized carbons (Fsp3) is 0.357. The number of hydrogen-bond acceptors (Lipinski definition) is 2. The number of aromatic nitrogens is 1. The molecule has 2 aromatic rings. The highest BCUT2D eigenvalue weighted by atomic mass is 14.7. The average Bonchev–Trinajstić information content (AvgIpc) is 2.27. The van der Waals surface area contributed by atoms with Crippen LogP contribution >= 0.6 is 0 Å². The molecule has 84 valence electrons. The summed E-state index contributed by atoms with van der Waals surface area (Å²) in [4.78, 5) is 4.35. The van der Waals surface area contributed by atoms with E-state index in [-0.39, 0.29) is 6.04 Å². The molecule has 0 aliphatic rings. The Kier molecular flexibility index (Phi) is 3.20. The zero-order chi connectivity index (χ0) is 11.5. The SMILES string of the molecule is CC(C)CC(N)c1ccnc2ccccc12. The summed E-state index contributed by atoms with van der Waals surface area (Å²) in [5.74, 6) is 0.613. The van der Waals surface area contributed by atoms with E-state index < -0.39 is 0 Å². The van der Waals surface area contributed by atoms with Crippen LogP contribution in [0.4, 0.5) is 0 Å². The predicted octanol–water partition coefficient (Wildman–Crippen LogP) is 3.28. The van der Waals surface area contributed by atoms with E-state index in [2.05, 4.69) is 24.9 Å². The third kappa shape index (κ3) is 2.22. The van der Waals surface area contributed by atoms with Gasteiger partial charge in [-0.05, 0) is 30.0 Å². The lowest BCUT2D eigenvalue weighted by Gasteiger charge is -2.16. The van der Waals surface area contributed by atoms with E-state index in [0.717, 1.165) is 11.9 Å². The Bertz CT molecular complexity index is 472. The molecular formula is C14H18N2. The highest BCUT2D eigenvalue weighted by molar-refractivity contribution is 5.82. The van der Waals surface area contributed by atoms with Crippen LogP contribution in [0.1, 0.15) is 31.9 Å². The van der Waals surface area contributed by atoms with Crippen molar-refractivity contribution >= 4 is 10.9 Å². The zero-order valence-corrected chi connectivity index (χ0v) is 9.85. The van der Waals surface area contributed by atoms with Crippen LogP contribution in [0, 0.1) is 5.92 Å². The summed E-state index contributed by atoms with van der Waals surface area (Å²) in [6, 6.07) is 10.3. The number of hydrogen-bond donors (Lipinski definition) is 1. The van der Waals surface area contributed by atoms with Gasteiger partial charge in [0.15, 0.2) is 0 Å². The minimum atomic E-state index is 0.105. The number of nitrogens with zero attached hydrogens (tertiary/aromatic N) is 1. The molecule has 0 radical (unpaired) electrons. The third-order valence-electron chi connectivity index (χ3n) is 2.81. The van der Waals surface area contributed by atoms with Gasteiger partial charge in [-0.2, -0.15) is 0 Å². The Morgan fingerprint density at radius 3 is 2.69 bits per heavy atom. The zero-order valence-electron chi connectivity index (χ0n) is 9.85. The van der Waals surface area contributed by atoms with E-state index >= 15 is 0 Å². The van der Waals surface area contributed by atoms with Crippen molar-refractivity contribution in [1.29, 1.82) is 0 Å². The summed E-state index contributed by atoms with van der Waals surface area (Å²) >= 11 is 0. The number of nitrogens with two attached hydrogens (primary N) is 1. The molecule has 0 amide bonds. The monoisotopic (exact) mass is 214 g/mol. The number of pyridine rings is 1. The molecule has 1 unspecified atom stereocenters. The standard InChI is InChI=1S/C14H18N2/c1-10(2)9-13(15)11-7-8-16-14-6-4-3-5-12(11)14/h3-8,10,13H,9,15H2,1-2H3. The Morgan fingerprint density at radius 1 is 1.19 bits per heavy atom. The summed E-state index contributed by atoms with van der Waals surface area (Å²) in [5.41, 5.74) is 8.47. The Balaban J connectivity index is 2.44. The second-order valence-electron chi connectivity index (χ2n) is 4.65. The maximum atomic E-state index is 6.23. The maximum Gasteiger partial charge on any atom is 0.0705 e. The number of benzene rings is 1. The molecule has 0 saturated carbocycles. The first-order valence-electron chi connectivity index (χ1n) is 5.77. The molecule has 0 aliphatic carbocycles. The van der Waals surface area contributed by atoms with Crippen LogP contribution in [0.15, 0.2) is 36.5 Å². The summed E-state index contributed by atoms with van der Waals surface area (Å²) in [6.07, 6.45) is 2.85. The number of fused-ring (bicyclic) bond motifs is 1. The van der Waals surface area contributed by atoms with Gasteiger partial charge in [-0.3, -0.25) is 4.98 Å². The summed E-state index contributed by atoms with van der Waals surface area (Å²) in [5, 5.41) is 1.18. The van der Waals surface area contributed by atoms with Gasteiger partial charge in [-0.1, -0.05) is 32.0 Å². The van der Waals surface area contributed by atoms with E-state index in [1.807, 2.05) is 30.5 Å². The molecule has 1 aromatic heterocycles. The summed E-state index contributed by atoms with van der Waals surface area (Å²) in [7, 11) is 0. The van der Waals surface area contributed by atoms with Crippen molar-refractivity contribution in [3.05, 3.63) is 42.1 Å². The van der Waals surface area contributed by atoms with Crippen molar-refractivity contribution < 1.29 is 0 Å². The van der Waals surface area contributed by atoms with Gasteiger partial charge in [0.1, 0.15) is 0 Å². The topological polar surface area (TPSA) is 38.9 Å². The van der Waals surface area contributed by atoms with Gasteiger partial charge >= 0.3 is 0 Å². The lowest BCUT2D eigenvalue weighted by Crippen LogP contribution is -2.13. The molecule has 1 heterocycles. The van der Waals surface area contributed by atoms with Crippen molar-refractivity contribution in [2.75, 3.05) is 0 Å². The maximum absolute atomic E-state index is 6.23. The minimum absolute atomic E-state index is 0.105. The van der Waals surface area contributed by atoms with Gasteiger partial charge < -0.3 is 5.73 Å². The van der Waals surface area contributed by atoms with E-state index in [9.17, 15) is 0 Å². The molecule has 0 aliphatic heterocycles. The highest BCUT2D eigenvalue weighted by Gasteiger charge is 2.11. The van der Waals surface area contributed by atoms with Crippen LogP contribution in [0.3, 0.4) is 0 Å². The van der Waals surface area contributed by atoms with Crippen LogP contribution in [0.5, 0.6) is 0 Å². The lowest BCUT2D eigenvalue weighted by molar-refractivity contribution is 0.512. The molecule has 16 heavy (non-hydrogen) atoms. The van der Waals surface area contributed by atoms with Crippen molar-refractivity contribution in [1.82, 2.24) is 4.98 Å². The number of rotatable bonds is 3. The van der Waals surface area contributed by atoms with E-state index in [1.54, 1.807) is 0 Å². The summed E-state index contributed by atoms with van der Waals surface area (Å²) in [6.45, 7) is 4.40. The first kappa shape index (κ1) is 11.1. The summed E-state index contributed by atoms with van der Waals surface area (Å²) < 4.78 is 0. The van der Waals surface area contributed by atoms with Crippen LogP contribution in [-0.2, 0) is 0 Å². The fourth-order valence-corrected chi connectivity index (χ4v) is 2.08. The van der Waals surface area contributed by atoms with Gasteiger partial charge in [-0.25, -0.2) is 0 Å². The third-order valence-corrected chi connectivity index (χ3v) is 2.81. The molecule has 2 rings (SSSR count). The molecule has 2 nitrogen and oxygen atoms in total. The number of para-hydroxylation sites is 1. The first-order valence-corrected chi connectivity index (χ1v) is 5.77. The Morgan fingerprint density at radius 2 is 1.94 bits per heavy atom. The van der Waals surface area contributed by atoms with Crippen LogP contribution < -0.4 is 5.73 Å².